The Morgan fingerprint density at radius 2 is 1.95 bits per heavy atom. The minimum atomic E-state index is 0.704. The van der Waals surface area contributed by atoms with Crippen LogP contribution in [0.4, 0.5) is 5.69 Å². The van der Waals surface area contributed by atoms with Gasteiger partial charge in [-0.05, 0) is 54.8 Å². The van der Waals surface area contributed by atoms with Crippen LogP contribution in [0, 0.1) is 17.8 Å². The molecule has 2 unspecified atom stereocenters. The molecule has 1 aliphatic heterocycles. The van der Waals surface area contributed by atoms with Crippen molar-refractivity contribution < 1.29 is 0 Å². The summed E-state index contributed by atoms with van der Waals surface area (Å²) in [6, 6.07) is 6.76. The quantitative estimate of drug-likeness (QED) is 0.844. The van der Waals surface area contributed by atoms with E-state index in [2.05, 4.69) is 58.2 Å². The lowest BCUT2D eigenvalue weighted by atomic mass is 10.0. The second-order valence-corrected chi connectivity index (χ2v) is 8.07. The van der Waals surface area contributed by atoms with Gasteiger partial charge in [-0.2, -0.15) is 0 Å². The molecular formula is C18H27BrN2. The molecule has 0 bridgehead atoms. The van der Waals surface area contributed by atoms with Crippen molar-refractivity contribution in [2.45, 2.75) is 39.7 Å². The van der Waals surface area contributed by atoms with Gasteiger partial charge in [-0.1, -0.05) is 42.3 Å². The second kappa shape index (κ2) is 6.70. The van der Waals surface area contributed by atoms with E-state index >= 15 is 0 Å². The molecule has 1 heterocycles. The van der Waals surface area contributed by atoms with Gasteiger partial charge in [-0.15, -0.1) is 0 Å². The molecule has 0 radical (unpaired) electrons. The molecule has 1 saturated carbocycles. The molecule has 3 rings (SSSR count). The van der Waals surface area contributed by atoms with E-state index in [0.29, 0.717) is 5.92 Å². The average Bonchev–Trinajstić information content (AvgIpc) is 3.00. The van der Waals surface area contributed by atoms with Crippen LogP contribution in [0.1, 0.15) is 38.7 Å². The standard InChI is InChI=1S/C18H27BrN2/c1-13(2)9-20-10-14-6-7-17(19)8-18(14)21-11-15-4-3-5-16(15)12-21/h6-8,13,15-16,20H,3-5,9-12H2,1-2H3. The lowest BCUT2D eigenvalue weighted by Gasteiger charge is -2.24. The highest BCUT2D eigenvalue weighted by Gasteiger charge is 2.36. The first-order chi connectivity index (χ1) is 10.1. The first-order valence-electron chi connectivity index (χ1n) is 8.37. The highest BCUT2D eigenvalue weighted by Crippen LogP contribution is 2.40. The smallest absolute Gasteiger partial charge is 0.0423 e. The number of fused-ring (bicyclic) bond motifs is 1. The third-order valence-corrected chi connectivity index (χ3v) is 5.48. The predicted octanol–water partition coefficient (Wildman–Crippen LogP) is 4.43. The van der Waals surface area contributed by atoms with Gasteiger partial charge in [0.25, 0.3) is 0 Å². The van der Waals surface area contributed by atoms with Gasteiger partial charge in [0.2, 0.25) is 0 Å². The number of nitrogens with one attached hydrogen (secondary N) is 1. The topological polar surface area (TPSA) is 15.3 Å². The van der Waals surface area contributed by atoms with Crippen LogP contribution < -0.4 is 10.2 Å². The lowest BCUT2D eigenvalue weighted by Crippen LogP contribution is -2.25. The van der Waals surface area contributed by atoms with Gasteiger partial charge in [0, 0.05) is 29.8 Å². The molecule has 2 atom stereocenters. The number of anilines is 1. The molecule has 0 spiro atoms. The van der Waals surface area contributed by atoms with Crippen molar-refractivity contribution in [1.82, 2.24) is 5.32 Å². The summed E-state index contributed by atoms with van der Waals surface area (Å²) in [7, 11) is 0. The van der Waals surface area contributed by atoms with Gasteiger partial charge < -0.3 is 10.2 Å². The second-order valence-electron chi connectivity index (χ2n) is 7.15. The Labute approximate surface area is 137 Å². The summed E-state index contributed by atoms with van der Waals surface area (Å²) in [5, 5.41) is 3.59. The van der Waals surface area contributed by atoms with Crippen molar-refractivity contribution in [2.75, 3.05) is 24.5 Å². The highest BCUT2D eigenvalue weighted by atomic mass is 79.9. The zero-order valence-electron chi connectivity index (χ0n) is 13.2. The summed E-state index contributed by atoms with van der Waals surface area (Å²) in [6.07, 6.45) is 4.33. The van der Waals surface area contributed by atoms with Crippen molar-refractivity contribution in [3.63, 3.8) is 0 Å². The van der Waals surface area contributed by atoms with Crippen LogP contribution in [0.25, 0.3) is 0 Å². The van der Waals surface area contributed by atoms with Crippen LogP contribution >= 0.6 is 15.9 Å². The monoisotopic (exact) mass is 350 g/mol. The van der Waals surface area contributed by atoms with Crippen molar-refractivity contribution in [3.05, 3.63) is 28.2 Å². The summed E-state index contributed by atoms with van der Waals surface area (Å²) < 4.78 is 1.20. The van der Waals surface area contributed by atoms with Gasteiger partial charge in [-0.25, -0.2) is 0 Å². The van der Waals surface area contributed by atoms with Crippen LogP contribution in [0.3, 0.4) is 0 Å². The van der Waals surface area contributed by atoms with Crippen LogP contribution in [0.2, 0.25) is 0 Å². The van der Waals surface area contributed by atoms with Crippen LogP contribution in [-0.2, 0) is 6.54 Å². The maximum Gasteiger partial charge on any atom is 0.0423 e. The largest absolute Gasteiger partial charge is 0.371 e. The number of halogens is 1. The molecule has 0 amide bonds. The van der Waals surface area contributed by atoms with E-state index in [0.717, 1.165) is 24.9 Å². The van der Waals surface area contributed by atoms with Gasteiger partial charge in [0.1, 0.15) is 0 Å². The zero-order valence-corrected chi connectivity index (χ0v) is 14.8. The number of nitrogens with zero attached hydrogens (tertiary/aromatic N) is 1. The minimum Gasteiger partial charge on any atom is -0.371 e. The Balaban J connectivity index is 1.72. The summed E-state index contributed by atoms with van der Waals surface area (Å²) in [5.41, 5.74) is 2.88. The molecule has 21 heavy (non-hydrogen) atoms. The van der Waals surface area contributed by atoms with E-state index in [1.54, 1.807) is 0 Å². The van der Waals surface area contributed by atoms with Gasteiger partial charge in [0.05, 0.1) is 0 Å². The normalized spacial score (nSPS) is 24.9. The number of hydrogen-bond donors (Lipinski definition) is 1. The summed E-state index contributed by atoms with van der Waals surface area (Å²) in [4.78, 5) is 2.63. The van der Waals surface area contributed by atoms with Crippen LogP contribution in [0.15, 0.2) is 22.7 Å². The van der Waals surface area contributed by atoms with Crippen LogP contribution in [-0.4, -0.2) is 19.6 Å². The first-order valence-corrected chi connectivity index (χ1v) is 9.17. The number of hydrogen-bond acceptors (Lipinski definition) is 2. The maximum atomic E-state index is 3.65. The maximum absolute atomic E-state index is 3.65. The molecule has 1 N–H and O–H groups in total. The SMILES string of the molecule is CC(C)CNCc1ccc(Br)cc1N1CC2CCCC2C1. The van der Waals surface area contributed by atoms with Gasteiger partial charge >= 0.3 is 0 Å². The predicted molar refractivity (Wildman–Crippen MR) is 93.7 cm³/mol. The average molecular weight is 351 g/mol. The van der Waals surface area contributed by atoms with E-state index in [4.69, 9.17) is 0 Å². The first kappa shape index (κ1) is 15.4. The van der Waals surface area contributed by atoms with Gasteiger partial charge in [-0.3, -0.25) is 0 Å². The summed E-state index contributed by atoms with van der Waals surface area (Å²) >= 11 is 3.65. The van der Waals surface area contributed by atoms with Crippen molar-refractivity contribution >= 4 is 21.6 Å². The molecule has 1 aliphatic carbocycles. The summed E-state index contributed by atoms with van der Waals surface area (Å²) in [6.45, 7) is 9.11. The van der Waals surface area contributed by atoms with E-state index in [-0.39, 0.29) is 0 Å². The third kappa shape index (κ3) is 3.62. The fourth-order valence-corrected chi connectivity index (χ4v) is 4.26. The van der Waals surface area contributed by atoms with E-state index in [1.807, 2.05) is 0 Å². The van der Waals surface area contributed by atoms with Crippen molar-refractivity contribution in [3.8, 4) is 0 Å². The Morgan fingerprint density at radius 1 is 1.24 bits per heavy atom. The van der Waals surface area contributed by atoms with Crippen molar-refractivity contribution in [2.24, 2.45) is 17.8 Å². The molecule has 1 saturated heterocycles. The van der Waals surface area contributed by atoms with E-state index in [1.165, 1.54) is 48.1 Å². The molecule has 2 fully saturated rings. The molecule has 3 heteroatoms. The zero-order chi connectivity index (χ0) is 14.8. The molecule has 1 aromatic carbocycles. The Kier molecular flexibility index (Phi) is 4.90. The van der Waals surface area contributed by atoms with E-state index in [9.17, 15) is 0 Å². The molecular weight excluding hydrogens is 324 g/mol. The molecule has 116 valence electrons. The van der Waals surface area contributed by atoms with Gasteiger partial charge in [0.15, 0.2) is 0 Å². The number of rotatable bonds is 5. The Bertz CT molecular complexity index is 474. The Hall–Kier alpha value is -0.540. The van der Waals surface area contributed by atoms with E-state index < -0.39 is 0 Å². The fourth-order valence-electron chi connectivity index (χ4n) is 3.91. The summed E-state index contributed by atoms with van der Waals surface area (Å²) in [5.74, 6) is 2.59. The molecule has 2 nitrogen and oxygen atoms in total. The number of benzene rings is 1. The molecule has 2 aliphatic rings. The van der Waals surface area contributed by atoms with Crippen molar-refractivity contribution in [1.29, 1.82) is 0 Å². The molecule has 1 aromatic rings. The fraction of sp³-hybridized carbons (Fsp3) is 0.667. The highest BCUT2D eigenvalue weighted by molar-refractivity contribution is 9.10. The Morgan fingerprint density at radius 3 is 2.62 bits per heavy atom. The molecule has 0 aromatic heterocycles. The van der Waals surface area contributed by atoms with Crippen LogP contribution in [0.5, 0.6) is 0 Å². The minimum absolute atomic E-state index is 0.704. The third-order valence-electron chi connectivity index (χ3n) is 4.98. The lowest BCUT2D eigenvalue weighted by molar-refractivity contribution is 0.494.